The third-order valence-corrected chi connectivity index (χ3v) is 5.13. The Morgan fingerprint density at radius 2 is 1.92 bits per heavy atom. The summed E-state index contributed by atoms with van der Waals surface area (Å²) in [7, 11) is 0. The van der Waals surface area contributed by atoms with Crippen LogP contribution in [0.2, 0.25) is 0 Å². The number of carbonyl (C=O) groups excluding carboxylic acids is 1. The fraction of sp³-hybridized carbons (Fsp3) is 0.238. The van der Waals surface area contributed by atoms with E-state index < -0.39 is 0 Å². The van der Waals surface area contributed by atoms with Crippen molar-refractivity contribution in [1.29, 1.82) is 0 Å². The van der Waals surface area contributed by atoms with E-state index in [-0.39, 0.29) is 5.91 Å². The second-order valence-corrected chi connectivity index (χ2v) is 7.28. The molecule has 0 unspecified atom stereocenters. The van der Waals surface area contributed by atoms with E-state index in [0.717, 1.165) is 15.9 Å². The van der Waals surface area contributed by atoms with Crippen LogP contribution in [0.1, 0.15) is 38.2 Å². The zero-order valence-corrected chi connectivity index (χ0v) is 15.4. The lowest BCUT2D eigenvalue weighted by atomic mass is 10.0. The number of allylic oxidation sites excluding steroid dienone is 1. The summed E-state index contributed by atoms with van der Waals surface area (Å²) in [6.07, 6.45) is 2.85. The van der Waals surface area contributed by atoms with E-state index in [4.69, 9.17) is 0 Å². The van der Waals surface area contributed by atoms with Crippen molar-refractivity contribution in [2.24, 2.45) is 0 Å². The van der Waals surface area contributed by atoms with Crippen molar-refractivity contribution in [2.75, 3.05) is 4.90 Å². The molecule has 25 heavy (non-hydrogen) atoms. The molecule has 1 amide bonds. The van der Waals surface area contributed by atoms with Crippen LogP contribution in [0, 0.1) is 0 Å². The first-order chi connectivity index (χ1) is 12.1. The summed E-state index contributed by atoms with van der Waals surface area (Å²) in [4.78, 5) is 19.3. The molecular formula is C21H22N2OS. The van der Waals surface area contributed by atoms with E-state index in [9.17, 15) is 4.79 Å². The van der Waals surface area contributed by atoms with Crippen molar-refractivity contribution >= 4 is 38.3 Å². The monoisotopic (exact) mass is 350 g/mol. The highest BCUT2D eigenvalue weighted by molar-refractivity contribution is 7.22. The molecule has 0 aliphatic carbocycles. The summed E-state index contributed by atoms with van der Waals surface area (Å²) in [5.74, 6) is 0.498. The first-order valence-electron chi connectivity index (χ1n) is 8.49. The molecule has 0 spiro atoms. The number of aromatic nitrogens is 1. The van der Waals surface area contributed by atoms with Crippen LogP contribution in [0.15, 0.2) is 61.2 Å². The molecule has 0 bridgehead atoms. The molecule has 3 nitrogen and oxygen atoms in total. The van der Waals surface area contributed by atoms with Gasteiger partial charge in [0.1, 0.15) is 0 Å². The molecule has 128 valence electrons. The zero-order valence-electron chi connectivity index (χ0n) is 14.6. The van der Waals surface area contributed by atoms with Crippen molar-refractivity contribution in [2.45, 2.75) is 32.6 Å². The lowest BCUT2D eigenvalue weighted by molar-refractivity contribution is -0.117. The highest BCUT2D eigenvalue weighted by atomic mass is 32.1. The van der Waals surface area contributed by atoms with Gasteiger partial charge in [0, 0.05) is 6.42 Å². The number of para-hydroxylation sites is 1. The van der Waals surface area contributed by atoms with Gasteiger partial charge in [-0.05, 0) is 42.2 Å². The molecule has 0 saturated heterocycles. The number of fused-ring (bicyclic) bond motifs is 1. The molecule has 0 saturated carbocycles. The van der Waals surface area contributed by atoms with Crippen LogP contribution in [-0.2, 0) is 4.79 Å². The number of hydrogen-bond acceptors (Lipinski definition) is 3. The van der Waals surface area contributed by atoms with Gasteiger partial charge in [-0.2, -0.15) is 0 Å². The minimum Gasteiger partial charge on any atom is -0.274 e. The maximum absolute atomic E-state index is 12.8. The van der Waals surface area contributed by atoms with Gasteiger partial charge in [0.2, 0.25) is 5.91 Å². The van der Waals surface area contributed by atoms with Gasteiger partial charge in [-0.1, -0.05) is 55.5 Å². The van der Waals surface area contributed by atoms with Crippen molar-refractivity contribution in [1.82, 2.24) is 4.98 Å². The molecule has 2 aromatic carbocycles. The third kappa shape index (κ3) is 3.80. The second kappa shape index (κ2) is 7.62. The van der Waals surface area contributed by atoms with Crippen molar-refractivity contribution in [3.63, 3.8) is 0 Å². The minimum atomic E-state index is 0.0382. The number of rotatable bonds is 6. The Bertz CT molecular complexity index is 847. The largest absolute Gasteiger partial charge is 0.274 e. The standard InChI is InChI=1S/C21H22N2OS/c1-4-5-10-20(24)23(17-13-11-16(12-14-17)15(2)3)21-22-18-8-6-7-9-19(18)25-21/h4,6-9,11-15H,1,5,10H2,2-3H3. The van der Waals surface area contributed by atoms with Gasteiger partial charge >= 0.3 is 0 Å². The Hall–Kier alpha value is -2.46. The Morgan fingerprint density at radius 3 is 2.56 bits per heavy atom. The van der Waals surface area contributed by atoms with Gasteiger partial charge in [0.15, 0.2) is 5.13 Å². The first-order valence-corrected chi connectivity index (χ1v) is 9.31. The number of benzene rings is 2. The summed E-state index contributed by atoms with van der Waals surface area (Å²) in [6, 6.07) is 16.1. The van der Waals surface area contributed by atoms with Gasteiger partial charge in [-0.3, -0.25) is 9.69 Å². The SMILES string of the molecule is C=CCCC(=O)N(c1ccc(C(C)C)cc1)c1nc2ccccc2s1. The van der Waals surface area contributed by atoms with Gasteiger partial charge in [-0.25, -0.2) is 4.98 Å². The van der Waals surface area contributed by atoms with Crippen LogP contribution < -0.4 is 4.90 Å². The Labute approximate surface area is 152 Å². The molecular weight excluding hydrogens is 328 g/mol. The minimum absolute atomic E-state index is 0.0382. The van der Waals surface area contributed by atoms with Gasteiger partial charge in [-0.15, -0.1) is 6.58 Å². The number of nitrogens with zero attached hydrogens (tertiary/aromatic N) is 2. The summed E-state index contributed by atoms with van der Waals surface area (Å²) in [6.45, 7) is 8.04. The molecule has 0 radical (unpaired) electrons. The zero-order chi connectivity index (χ0) is 17.8. The van der Waals surface area contributed by atoms with E-state index in [1.165, 1.54) is 5.56 Å². The molecule has 1 aromatic heterocycles. The molecule has 0 atom stereocenters. The number of hydrogen-bond donors (Lipinski definition) is 0. The van der Waals surface area contributed by atoms with Crippen LogP contribution in [0.4, 0.5) is 10.8 Å². The van der Waals surface area contributed by atoms with Gasteiger partial charge < -0.3 is 0 Å². The molecule has 0 aliphatic heterocycles. The quantitative estimate of drug-likeness (QED) is 0.507. The van der Waals surface area contributed by atoms with Crippen molar-refractivity contribution in [3.8, 4) is 0 Å². The molecule has 3 aromatic rings. The molecule has 0 aliphatic rings. The molecule has 1 heterocycles. The smallest absolute Gasteiger partial charge is 0.233 e. The Balaban J connectivity index is 2.02. The summed E-state index contributed by atoms with van der Waals surface area (Å²) < 4.78 is 1.08. The molecule has 0 fully saturated rings. The van der Waals surface area contributed by atoms with Crippen LogP contribution in [0.3, 0.4) is 0 Å². The number of amides is 1. The van der Waals surface area contributed by atoms with Crippen LogP contribution in [0.5, 0.6) is 0 Å². The van der Waals surface area contributed by atoms with E-state index in [2.05, 4.69) is 37.5 Å². The molecule has 4 heteroatoms. The maximum Gasteiger partial charge on any atom is 0.233 e. The maximum atomic E-state index is 12.8. The summed E-state index contributed by atoms with van der Waals surface area (Å²) >= 11 is 1.54. The highest BCUT2D eigenvalue weighted by Crippen LogP contribution is 2.34. The average molecular weight is 350 g/mol. The van der Waals surface area contributed by atoms with Crippen molar-refractivity contribution in [3.05, 3.63) is 66.7 Å². The van der Waals surface area contributed by atoms with E-state index in [1.807, 2.05) is 36.4 Å². The number of carbonyl (C=O) groups is 1. The van der Waals surface area contributed by atoms with Crippen molar-refractivity contribution < 1.29 is 4.79 Å². The lowest BCUT2D eigenvalue weighted by Crippen LogP contribution is -2.25. The summed E-state index contributed by atoms with van der Waals surface area (Å²) in [5.41, 5.74) is 3.03. The topological polar surface area (TPSA) is 33.2 Å². The molecule has 3 rings (SSSR count). The predicted octanol–water partition coefficient (Wildman–Crippen LogP) is 6.05. The number of thiazole rings is 1. The summed E-state index contributed by atoms with van der Waals surface area (Å²) in [5, 5.41) is 0.715. The van der Waals surface area contributed by atoms with Crippen LogP contribution in [0.25, 0.3) is 10.2 Å². The third-order valence-electron chi connectivity index (χ3n) is 4.10. The van der Waals surface area contributed by atoms with Gasteiger partial charge in [0.25, 0.3) is 0 Å². The predicted molar refractivity (Wildman–Crippen MR) is 107 cm³/mol. The molecule has 0 N–H and O–H groups in total. The highest BCUT2D eigenvalue weighted by Gasteiger charge is 2.21. The van der Waals surface area contributed by atoms with Crippen LogP contribution in [-0.4, -0.2) is 10.9 Å². The average Bonchev–Trinajstić information content (AvgIpc) is 3.04. The fourth-order valence-corrected chi connectivity index (χ4v) is 3.67. The normalized spacial score (nSPS) is 11.0. The Morgan fingerprint density at radius 1 is 1.20 bits per heavy atom. The second-order valence-electron chi connectivity index (χ2n) is 6.27. The first kappa shape index (κ1) is 17.4. The Kier molecular flexibility index (Phi) is 5.29. The van der Waals surface area contributed by atoms with Gasteiger partial charge in [0.05, 0.1) is 15.9 Å². The lowest BCUT2D eigenvalue weighted by Gasteiger charge is -2.20. The van der Waals surface area contributed by atoms with E-state index in [0.29, 0.717) is 23.9 Å². The van der Waals surface area contributed by atoms with E-state index in [1.54, 1.807) is 22.3 Å². The number of anilines is 2. The van der Waals surface area contributed by atoms with Crippen LogP contribution >= 0.6 is 11.3 Å². The van der Waals surface area contributed by atoms with E-state index >= 15 is 0 Å². The fourth-order valence-electron chi connectivity index (χ4n) is 2.66.